The van der Waals surface area contributed by atoms with Gasteiger partial charge in [-0.3, -0.25) is 0 Å². The Labute approximate surface area is 103 Å². The molecule has 1 aromatic rings. The molecular formula is C12H23N3S. The summed E-state index contributed by atoms with van der Waals surface area (Å²) in [5.74, 6) is 0. The zero-order valence-electron chi connectivity index (χ0n) is 10.8. The Kier molecular flexibility index (Phi) is 5.38. The van der Waals surface area contributed by atoms with E-state index in [1.807, 2.05) is 6.92 Å². The van der Waals surface area contributed by atoms with E-state index in [1.165, 1.54) is 5.01 Å². The fourth-order valence-corrected chi connectivity index (χ4v) is 2.10. The summed E-state index contributed by atoms with van der Waals surface area (Å²) in [5.41, 5.74) is 1.35. The molecule has 0 amide bonds. The second-order valence-electron chi connectivity index (χ2n) is 5.09. The van der Waals surface area contributed by atoms with E-state index in [2.05, 4.69) is 41.8 Å². The van der Waals surface area contributed by atoms with Gasteiger partial charge in [-0.1, -0.05) is 0 Å². The van der Waals surface area contributed by atoms with Crippen LogP contribution in [0.4, 0.5) is 0 Å². The van der Waals surface area contributed by atoms with Crippen LogP contribution in [0.2, 0.25) is 0 Å². The average Bonchev–Trinajstić information content (AvgIpc) is 2.56. The minimum atomic E-state index is 0.229. The van der Waals surface area contributed by atoms with Crippen molar-refractivity contribution >= 4 is 11.3 Å². The van der Waals surface area contributed by atoms with E-state index in [4.69, 9.17) is 0 Å². The number of nitrogens with zero attached hydrogens (tertiary/aromatic N) is 1. The van der Waals surface area contributed by atoms with Crippen LogP contribution in [-0.2, 0) is 6.54 Å². The van der Waals surface area contributed by atoms with E-state index in [1.54, 1.807) is 11.3 Å². The molecule has 92 valence electrons. The lowest BCUT2D eigenvalue weighted by Crippen LogP contribution is -2.37. The second kappa shape index (κ2) is 6.33. The molecule has 16 heavy (non-hydrogen) atoms. The van der Waals surface area contributed by atoms with Crippen molar-refractivity contribution in [1.82, 2.24) is 15.6 Å². The zero-order valence-corrected chi connectivity index (χ0v) is 11.6. The third-order valence-corrected chi connectivity index (χ3v) is 3.10. The molecule has 3 nitrogen and oxygen atoms in total. The van der Waals surface area contributed by atoms with Gasteiger partial charge in [0.05, 0.1) is 0 Å². The third-order valence-electron chi connectivity index (χ3n) is 2.13. The van der Waals surface area contributed by atoms with E-state index in [-0.39, 0.29) is 5.54 Å². The van der Waals surface area contributed by atoms with Crippen LogP contribution in [0.25, 0.3) is 0 Å². The van der Waals surface area contributed by atoms with Crippen LogP contribution in [0, 0.1) is 6.92 Å². The molecule has 1 rings (SSSR count). The van der Waals surface area contributed by atoms with Crippen molar-refractivity contribution in [2.24, 2.45) is 0 Å². The van der Waals surface area contributed by atoms with Crippen molar-refractivity contribution in [3.05, 3.63) is 16.1 Å². The largest absolute Gasteiger partial charge is 0.312 e. The molecule has 0 aliphatic carbocycles. The summed E-state index contributed by atoms with van der Waals surface area (Å²) in [6.07, 6.45) is 1.15. The number of aryl methyl sites for hydroxylation is 1. The van der Waals surface area contributed by atoms with Crippen LogP contribution in [0.15, 0.2) is 5.38 Å². The van der Waals surface area contributed by atoms with Crippen molar-refractivity contribution in [3.63, 3.8) is 0 Å². The predicted octanol–water partition coefficient (Wildman–Crippen LogP) is 2.32. The second-order valence-corrected chi connectivity index (χ2v) is 6.03. The predicted molar refractivity (Wildman–Crippen MR) is 70.9 cm³/mol. The number of rotatable bonds is 6. The third kappa shape index (κ3) is 6.20. The van der Waals surface area contributed by atoms with Crippen LogP contribution in [0.1, 0.15) is 37.9 Å². The molecule has 0 aliphatic heterocycles. The van der Waals surface area contributed by atoms with E-state index in [9.17, 15) is 0 Å². The maximum Gasteiger partial charge on any atom is 0.107 e. The molecule has 0 fully saturated rings. The maximum absolute atomic E-state index is 4.41. The molecule has 0 radical (unpaired) electrons. The lowest BCUT2D eigenvalue weighted by Gasteiger charge is -2.20. The van der Waals surface area contributed by atoms with Gasteiger partial charge in [0.2, 0.25) is 0 Å². The first-order valence-electron chi connectivity index (χ1n) is 5.84. The van der Waals surface area contributed by atoms with Gasteiger partial charge < -0.3 is 10.6 Å². The van der Waals surface area contributed by atoms with Crippen LogP contribution in [0.5, 0.6) is 0 Å². The Morgan fingerprint density at radius 1 is 1.31 bits per heavy atom. The van der Waals surface area contributed by atoms with Gasteiger partial charge in [-0.15, -0.1) is 11.3 Å². The van der Waals surface area contributed by atoms with Gasteiger partial charge in [0.25, 0.3) is 0 Å². The molecule has 0 unspecified atom stereocenters. The van der Waals surface area contributed by atoms with Crippen molar-refractivity contribution < 1.29 is 0 Å². The Balaban J connectivity index is 2.00. The highest BCUT2D eigenvalue weighted by Gasteiger charge is 2.06. The van der Waals surface area contributed by atoms with Gasteiger partial charge in [-0.05, 0) is 47.2 Å². The van der Waals surface area contributed by atoms with Crippen molar-refractivity contribution in [3.8, 4) is 0 Å². The Morgan fingerprint density at radius 3 is 2.62 bits per heavy atom. The quantitative estimate of drug-likeness (QED) is 0.751. The van der Waals surface area contributed by atoms with Crippen molar-refractivity contribution in [2.75, 3.05) is 13.1 Å². The molecule has 0 bridgehead atoms. The lowest BCUT2D eigenvalue weighted by molar-refractivity contribution is 0.418. The van der Waals surface area contributed by atoms with Crippen molar-refractivity contribution in [1.29, 1.82) is 0 Å². The summed E-state index contributed by atoms with van der Waals surface area (Å²) in [6, 6.07) is 0. The molecule has 0 aromatic carbocycles. The molecule has 1 aromatic heterocycles. The Hall–Kier alpha value is -0.450. The molecule has 1 heterocycles. The van der Waals surface area contributed by atoms with Gasteiger partial charge in [0, 0.05) is 23.2 Å². The van der Waals surface area contributed by atoms with Crippen LogP contribution < -0.4 is 10.6 Å². The van der Waals surface area contributed by atoms with Crippen LogP contribution >= 0.6 is 11.3 Å². The fraction of sp³-hybridized carbons (Fsp3) is 0.750. The minimum absolute atomic E-state index is 0.229. The first-order valence-corrected chi connectivity index (χ1v) is 6.72. The van der Waals surface area contributed by atoms with E-state index in [0.29, 0.717) is 0 Å². The van der Waals surface area contributed by atoms with E-state index >= 15 is 0 Å². The van der Waals surface area contributed by atoms with Gasteiger partial charge in [-0.25, -0.2) is 4.98 Å². The van der Waals surface area contributed by atoms with Crippen molar-refractivity contribution in [2.45, 2.75) is 46.2 Å². The minimum Gasteiger partial charge on any atom is -0.312 e. The van der Waals surface area contributed by atoms with Crippen LogP contribution in [-0.4, -0.2) is 23.6 Å². The first-order chi connectivity index (χ1) is 7.47. The van der Waals surface area contributed by atoms with E-state index in [0.717, 1.165) is 31.7 Å². The topological polar surface area (TPSA) is 37.0 Å². The molecule has 4 heteroatoms. The highest BCUT2D eigenvalue weighted by molar-refractivity contribution is 7.09. The molecule has 0 saturated heterocycles. The normalized spacial score (nSPS) is 12.0. The molecule has 0 spiro atoms. The number of nitrogens with one attached hydrogen (secondary N) is 2. The Bertz CT molecular complexity index is 301. The Morgan fingerprint density at radius 2 is 2.06 bits per heavy atom. The summed E-state index contributed by atoms with van der Waals surface area (Å²) < 4.78 is 0. The number of thiazole rings is 1. The van der Waals surface area contributed by atoms with Gasteiger partial charge in [0.1, 0.15) is 5.01 Å². The smallest absolute Gasteiger partial charge is 0.107 e. The van der Waals surface area contributed by atoms with Gasteiger partial charge >= 0.3 is 0 Å². The molecular weight excluding hydrogens is 218 g/mol. The summed E-state index contributed by atoms with van der Waals surface area (Å²) in [6.45, 7) is 11.6. The first kappa shape index (κ1) is 13.6. The fourth-order valence-electron chi connectivity index (χ4n) is 1.36. The zero-order chi connectivity index (χ0) is 12.0. The van der Waals surface area contributed by atoms with Gasteiger partial charge in [-0.2, -0.15) is 0 Å². The SMILES string of the molecule is Cc1csc(CNCCCNC(C)(C)C)n1. The highest BCUT2D eigenvalue weighted by Crippen LogP contribution is 2.07. The van der Waals surface area contributed by atoms with Crippen LogP contribution in [0.3, 0.4) is 0 Å². The summed E-state index contributed by atoms with van der Waals surface area (Å²) >= 11 is 1.73. The van der Waals surface area contributed by atoms with Gasteiger partial charge in [0.15, 0.2) is 0 Å². The number of aromatic nitrogens is 1. The molecule has 0 atom stereocenters. The summed E-state index contributed by atoms with van der Waals surface area (Å²) in [5, 5.41) is 10.2. The summed E-state index contributed by atoms with van der Waals surface area (Å²) in [7, 11) is 0. The molecule has 0 aliphatic rings. The molecule has 2 N–H and O–H groups in total. The lowest BCUT2D eigenvalue weighted by atomic mass is 10.1. The monoisotopic (exact) mass is 241 g/mol. The van der Waals surface area contributed by atoms with E-state index < -0.39 is 0 Å². The summed E-state index contributed by atoms with van der Waals surface area (Å²) in [4.78, 5) is 4.41. The molecule has 0 saturated carbocycles. The maximum atomic E-state index is 4.41. The standard InChI is InChI=1S/C12H23N3S/c1-10-9-16-11(15-10)8-13-6-5-7-14-12(2,3)4/h9,13-14H,5-8H2,1-4H3. The highest BCUT2D eigenvalue weighted by atomic mass is 32.1. The number of hydrogen-bond donors (Lipinski definition) is 2. The number of hydrogen-bond acceptors (Lipinski definition) is 4. The average molecular weight is 241 g/mol.